The highest BCUT2D eigenvalue weighted by molar-refractivity contribution is 6.00. The normalized spacial score (nSPS) is 18.4. The zero-order valence-electron chi connectivity index (χ0n) is 11.0. The lowest BCUT2D eigenvalue weighted by Gasteiger charge is -2.32. The molecular formula is C15H19FO2. The molecule has 1 fully saturated rings. The predicted octanol–water partition coefficient (Wildman–Crippen LogP) is 3.99. The topological polar surface area (TPSA) is 26.3 Å². The van der Waals surface area contributed by atoms with Crippen LogP contribution in [0.5, 0.6) is 5.75 Å². The van der Waals surface area contributed by atoms with E-state index in [1.54, 1.807) is 6.07 Å². The van der Waals surface area contributed by atoms with Gasteiger partial charge in [0.1, 0.15) is 11.6 Å². The monoisotopic (exact) mass is 250 g/mol. The van der Waals surface area contributed by atoms with Crippen molar-refractivity contribution in [2.75, 3.05) is 7.11 Å². The summed E-state index contributed by atoms with van der Waals surface area (Å²) in [6.45, 7) is 1.96. The second kappa shape index (κ2) is 5.09. The minimum Gasteiger partial charge on any atom is -0.497 e. The third-order valence-corrected chi connectivity index (χ3v) is 3.93. The van der Waals surface area contributed by atoms with Gasteiger partial charge in [0.05, 0.1) is 12.7 Å². The summed E-state index contributed by atoms with van der Waals surface area (Å²) in [6, 6.07) is 4.46. The van der Waals surface area contributed by atoms with Crippen LogP contribution in [0.15, 0.2) is 18.2 Å². The first-order valence-corrected chi connectivity index (χ1v) is 6.45. The minimum atomic E-state index is -0.480. The van der Waals surface area contributed by atoms with E-state index in [0.717, 1.165) is 25.7 Å². The fourth-order valence-electron chi connectivity index (χ4n) is 2.69. The van der Waals surface area contributed by atoms with Gasteiger partial charge in [-0.25, -0.2) is 4.39 Å². The van der Waals surface area contributed by atoms with Gasteiger partial charge in [0.2, 0.25) is 0 Å². The summed E-state index contributed by atoms with van der Waals surface area (Å²) in [4.78, 5) is 12.5. The van der Waals surface area contributed by atoms with Crippen molar-refractivity contribution in [2.45, 2.75) is 39.0 Å². The molecule has 0 aliphatic heterocycles. The van der Waals surface area contributed by atoms with Crippen LogP contribution in [0.3, 0.4) is 0 Å². The van der Waals surface area contributed by atoms with Crippen molar-refractivity contribution in [1.29, 1.82) is 0 Å². The van der Waals surface area contributed by atoms with Crippen LogP contribution in [-0.4, -0.2) is 12.9 Å². The largest absolute Gasteiger partial charge is 0.497 e. The van der Waals surface area contributed by atoms with Crippen LogP contribution in [0.2, 0.25) is 0 Å². The first-order chi connectivity index (χ1) is 8.57. The highest BCUT2D eigenvalue weighted by Crippen LogP contribution is 2.39. The van der Waals surface area contributed by atoms with E-state index in [1.165, 1.54) is 25.7 Å². The molecule has 98 valence electrons. The van der Waals surface area contributed by atoms with Gasteiger partial charge in [0.25, 0.3) is 0 Å². The minimum absolute atomic E-state index is 0.0673. The van der Waals surface area contributed by atoms with Crippen molar-refractivity contribution < 1.29 is 13.9 Å². The zero-order valence-corrected chi connectivity index (χ0v) is 11.0. The maximum absolute atomic E-state index is 13.9. The molecule has 1 saturated carbocycles. The Labute approximate surface area is 107 Å². The number of Topliss-reactive ketones (excluding diaryl/α,β-unsaturated/α-hetero) is 1. The average molecular weight is 250 g/mol. The maximum atomic E-state index is 13.9. The van der Waals surface area contributed by atoms with Crippen LogP contribution >= 0.6 is 0 Å². The van der Waals surface area contributed by atoms with Crippen LogP contribution in [0.25, 0.3) is 0 Å². The van der Waals surface area contributed by atoms with Crippen molar-refractivity contribution in [1.82, 2.24) is 0 Å². The van der Waals surface area contributed by atoms with Crippen LogP contribution in [0.1, 0.15) is 49.4 Å². The molecule has 0 saturated heterocycles. The number of carbonyl (C=O) groups is 1. The first kappa shape index (κ1) is 13.1. The Morgan fingerprint density at radius 3 is 2.50 bits per heavy atom. The van der Waals surface area contributed by atoms with E-state index in [-0.39, 0.29) is 11.3 Å². The quantitative estimate of drug-likeness (QED) is 0.758. The van der Waals surface area contributed by atoms with Gasteiger partial charge in [-0.05, 0) is 25.0 Å². The van der Waals surface area contributed by atoms with Crippen LogP contribution in [0.4, 0.5) is 4.39 Å². The summed E-state index contributed by atoms with van der Waals surface area (Å²) in [5.74, 6) is -0.105. The molecule has 1 aliphatic carbocycles. The Morgan fingerprint density at radius 1 is 1.28 bits per heavy atom. The molecule has 0 amide bonds. The van der Waals surface area contributed by atoms with Crippen LogP contribution in [0, 0.1) is 11.2 Å². The fourth-order valence-corrected chi connectivity index (χ4v) is 2.69. The van der Waals surface area contributed by atoms with Gasteiger partial charge in [-0.1, -0.05) is 26.2 Å². The Kier molecular flexibility index (Phi) is 3.69. The Bertz CT molecular complexity index is 448. The second-order valence-corrected chi connectivity index (χ2v) is 5.30. The van der Waals surface area contributed by atoms with Crippen molar-refractivity contribution in [3.8, 4) is 5.75 Å². The third kappa shape index (κ3) is 2.40. The van der Waals surface area contributed by atoms with Crippen LogP contribution in [-0.2, 0) is 0 Å². The number of methoxy groups -OCH3 is 1. The van der Waals surface area contributed by atoms with E-state index in [0.29, 0.717) is 5.75 Å². The van der Waals surface area contributed by atoms with Gasteiger partial charge in [-0.15, -0.1) is 0 Å². The zero-order chi connectivity index (χ0) is 13.2. The summed E-state index contributed by atoms with van der Waals surface area (Å²) in [6.07, 6.45) is 5.00. The Hall–Kier alpha value is -1.38. The summed E-state index contributed by atoms with van der Waals surface area (Å²) in [5.41, 5.74) is -0.201. The highest BCUT2D eigenvalue weighted by atomic mass is 19.1. The summed E-state index contributed by atoms with van der Waals surface area (Å²) >= 11 is 0. The van der Waals surface area contributed by atoms with Crippen molar-refractivity contribution in [2.24, 2.45) is 5.41 Å². The smallest absolute Gasteiger partial charge is 0.171 e. The van der Waals surface area contributed by atoms with E-state index >= 15 is 0 Å². The molecule has 1 aliphatic rings. The number of hydrogen-bond donors (Lipinski definition) is 0. The number of halogens is 1. The van der Waals surface area contributed by atoms with Crippen LogP contribution < -0.4 is 4.74 Å². The second-order valence-electron chi connectivity index (χ2n) is 5.30. The molecule has 0 aromatic heterocycles. The molecule has 0 bridgehead atoms. The molecule has 0 N–H and O–H groups in total. The highest BCUT2D eigenvalue weighted by Gasteiger charge is 2.36. The lowest BCUT2D eigenvalue weighted by molar-refractivity contribution is 0.0745. The molecule has 18 heavy (non-hydrogen) atoms. The van der Waals surface area contributed by atoms with E-state index in [1.807, 2.05) is 6.92 Å². The number of benzene rings is 1. The molecule has 0 spiro atoms. The number of carbonyl (C=O) groups excluding carboxylic acids is 1. The number of hydrogen-bond acceptors (Lipinski definition) is 2. The summed E-state index contributed by atoms with van der Waals surface area (Å²) in [7, 11) is 1.48. The van der Waals surface area contributed by atoms with Gasteiger partial charge in [0.15, 0.2) is 5.78 Å². The number of ketones is 1. The third-order valence-electron chi connectivity index (χ3n) is 3.93. The van der Waals surface area contributed by atoms with Gasteiger partial charge < -0.3 is 4.74 Å². The summed E-state index contributed by atoms with van der Waals surface area (Å²) < 4.78 is 18.9. The van der Waals surface area contributed by atoms with E-state index in [9.17, 15) is 9.18 Å². The molecule has 0 atom stereocenters. The van der Waals surface area contributed by atoms with Crippen molar-refractivity contribution in [3.05, 3.63) is 29.6 Å². The molecule has 0 unspecified atom stereocenters. The lowest BCUT2D eigenvalue weighted by atomic mass is 9.71. The molecule has 0 heterocycles. The van der Waals surface area contributed by atoms with Gasteiger partial charge in [-0.3, -0.25) is 4.79 Å². The Balaban J connectivity index is 2.28. The number of rotatable bonds is 3. The van der Waals surface area contributed by atoms with Gasteiger partial charge in [0, 0.05) is 11.5 Å². The molecular weight excluding hydrogens is 231 g/mol. The van der Waals surface area contributed by atoms with E-state index in [2.05, 4.69) is 0 Å². The molecule has 3 heteroatoms. The van der Waals surface area contributed by atoms with Gasteiger partial charge >= 0.3 is 0 Å². The first-order valence-electron chi connectivity index (χ1n) is 6.45. The SMILES string of the molecule is COc1ccc(C(=O)C2(C)CCCCC2)c(F)c1. The standard InChI is InChI=1S/C15H19FO2/c1-15(8-4-3-5-9-15)14(17)12-7-6-11(18-2)10-13(12)16/h6-7,10H,3-5,8-9H2,1-2H3. The number of ether oxygens (including phenoxy) is 1. The lowest BCUT2D eigenvalue weighted by Crippen LogP contribution is -2.30. The predicted molar refractivity (Wildman–Crippen MR) is 68.5 cm³/mol. The summed E-state index contributed by atoms with van der Waals surface area (Å²) in [5, 5.41) is 0. The van der Waals surface area contributed by atoms with Gasteiger partial charge in [-0.2, -0.15) is 0 Å². The van der Waals surface area contributed by atoms with E-state index in [4.69, 9.17) is 4.74 Å². The molecule has 0 radical (unpaired) electrons. The Morgan fingerprint density at radius 2 is 1.94 bits per heavy atom. The fraction of sp³-hybridized carbons (Fsp3) is 0.533. The van der Waals surface area contributed by atoms with E-state index < -0.39 is 11.2 Å². The molecule has 2 rings (SSSR count). The molecule has 2 nitrogen and oxygen atoms in total. The molecule has 1 aromatic rings. The molecule has 1 aromatic carbocycles. The van der Waals surface area contributed by atoms with Crippen molar-refractivity contribution >= 4 is 5.78 Å². The van der Waals surface area contributed by atoms with Crippen molar-refractivity contribution in [3.63, 3.8) is 0 Å². The maximum Gasteiger partial charge on any atom is 0.171 e. The average Bonchev–Trinajstić information content (AvgIpc) is 2.38.